The third kappa shape index (κ3) is 3.60. The summed E-state index contributed by atoms with van der Waals surface area (Å²) in [5.41, 5.74) is 1.86. The van der Waals surface area contributed by atoms with Gasteiger partial charge in [-0.3, -0.25) is 4.79 Å². The highest BCUT2D eigenvalue weighted by atomic mass is 35.5. The number of carbonyl (C=O) groups is 1. The minimum absolute atomic E-state index is 0.122. The number of hydrogen-bond donors (Lipinski definition) is 1. The van der Waals surface area contributed by atoms with Gasteiger partial charge in [0.2, 0.25) is 0 Å². The Morgan fingerprint density at radius 1 is 1.12 bits per heavy atom. The van der Waals surface area contributed by atoms with Gasteiger partial charge in [-0.25, -0.2) is 14.4 Å². The third-order valence-electron chi connectivity index (χ3n) is 4.01. The maximum absolute atomic E-state index is 13.2. The first-order chi connectivity index (χ1) is 12.5. The monoisotopic (exact) mass is 372 g/mol. The highest BCUT2D eigenvalue weighted by Crippen LogP contribution is 2.25. The second-order valence-electron chi connectivity index (χ2n) is 5.64. The van der Waals surface area contributed by atoms with Crippen LogP contribution in [0.25, 0.3) is 11.0 Å². The number of para-hydroxylation sites is 2. The van der Waals surface area contributed by atoms with Crippen LogP contribution < -0.4 is 10.2 Å². The molecule has 0 fully saturated rings. The van der Waals surface area contributed by atoms with E-state index in [2.05, 4.69) is 15.3 Å². The summed E-state index contributed by atoms with van der Waals surface area (Å²) in [7, 11) is 0. The number of amides is 1. The van der Waals surface area contributed by atoms with Crippen molar-refractivity contribution in [1.29, 1.82) is 0 Å². The summed E-state index contributed by atoms with van der Waals surface area (Å²) in [5.74, 6) is -0.412. The fourth-order valence-electron chi connectivity index (χ4n) is 2.66. The normalized spacial score (nSPS) is 10.8. The minimum atomic E-state index is -0.470. The molecule has 0 unspecified atom stereocenters. The lowest BCUT2D eigenvalue weighted by atomic mass is 10.2. The van der Waals surface area contributed by atoms with E-state index < -0.39 is 11.7 Å². The van der Waals surface area contributed by atoms with E-state index in [1.54, 1.807) is 6.07 Å². The SMILES string of the molecule is CCN(CC)c1nc2ccccc2nc1C(=O)Nc1ccc(F)cc1Cl. The van der Waals surface area contributed by atoms with Crippen LogP contribution in [0.1, 0.15) is 24.3 Å². The Morgan fingerprint density at radius 2 is 1.77 bits per heavy atom. The number of hydrogen-bond acceptors (Lipinski definition) is 4. The number of anilines is 2. The zero-order chi connectivity index (χ0) is 18.7. The largest absolute Gasteiger partial charge is 0.355 e. The summed E-state index contributed by atoms with van der Waals surface area (Å²) in [6.45, 7) is 5.33. The van der Waals surface area contributed by atoms with E-state index in [1.165, 1.54) is 12.1 Å². The molecule has 1 N–H and O–H groups in total. The molecular weight excluding hydrogens is 355 g/mol. The predicted octanol–water partition coefficient (Wildman–Crippen LogP) is 4.52. The van der Waals surface area contributed by atoms with Crippen molar-refractivity contribution in [1.82, 2.24) is 9.97 Å². The van der Waals surface area contributed by atoms with E-state index in [0.717, 1.165) is 6.07 Å². The number of benzene rings is 2. The lowest BCUT2D eigenvalue weighted by molar-refractivity contribution is 0.102. The summed E-state index contributed by atoms with van der Waals surface area (Å²) < 4.78 is 13.2. The van der Waals surface area contributed by atoms with Crippen molar-refractivity contribution in [2.24, 2.45) is 0 Å². The first-order valence-corrected chi connectivity index (χ1v) is 8.69. The van der Waals surface area contributed by atoms with Crippen LogP contribution in [0.15, 0.2) is 42.5 Å². The van der Waals surface area contributed by atoms with Crippen LogP contribution in [0.3, 0.4) is 0 Å². The molecular formula is C19H18ClFN4O. The van der Waals surface area contributed by atoms with Crippen molar-refractivity contribution >= 4 is 40.0 Å². The fraction of sp³-hybridized carbons (Fsp3) is 0.211. The van der Waals surface area contributed by atoms with Crippen LogP contribution >= 0.6 is 11.6 Å². The summed E-state index contributed by atoms with van der Waals surface area (Å²) >= 11 is 6.01. The van der Waals surface area contributed by atoms with Gasteiger partial charge in [0.25, 0.3) is 5.91 Å². The lowest BCUT2D eigenvalue weighted by Crippen LogP contribution is -2.28. The summed E-state index contributed by atoms with van der Waals surface area (Å²) in [5, 5.41) is 2.82. The number of nitrogens with one attached hydrogen (secondary N) is 1. The number of fused-ring (bicyclic) bond motifs is 1. The van der Waals surface area contributed by atoms with Crippen LogP contribution in [0.5, 0.6) is 0 Å². The molecule has 134 valence electrons. The Balaban J connectivity index is 2.06. The average molecular weight is 373 g/mol. The first-order valence-electron chi connectivity index (χ1n) is 8.31. The van der Waals surface area contributed by atoms with Crippen molar-refractivity contribution in [3.8, 4) is 0 Å². The highest BCUT2D eigenvalue weighted by Gasteiger charge is 2.21. The van der Waals surface area contributed by atoms with Gasteiger partial charge in [0.15, 0.2) is 11.5 Å². The quantitative estimate of drug-likeness (QED) is 0.715. The van der Waals surface area contributed by atoms with Crippen molar-refractivity contribution in [3.63, 3.8) is 0 Å². The second kappa shape index (κ2) is 7.66. The van der Waals surface area contributed by atoms with E-state index in [9.17, 15) is 9.18 Å². The van der Waals surface area contributed by atoms with Crippen LogP contribution in [0, 0.1) is 5.82 Å². The molecule has 3 aromatic rings. The van der Waals surface area contributed by atoms with E-state index in [4.69, 9.17) is 11.6 Å². The Kier molecular flexibility index (Phi) is 5.32. The first kappa shape index (κ1) is 18.1. The minimum Gasteiger partial charge on any atom is -0.355 e. The van der Waals surface area contributed by atoms with Crippen LogP contribution in [-0.4, -0.2) is 29.0 Å². The van der Waals surface area contributed by atoms with Gasteiger partial charge < -0.3 is 10.2 Å². The molecule has 0 aliphatic rings. The third-order valence-corrected chi connectivity index (χ3v) is 4.32. The Labute approximate surface area is 155 Å². The van der Waals surface area contributed by atoms with Gasteiger partial charge in [-0.05, 0) is 44.2 Å². The van der Waals surface area contributed by atoms with Gasteiger partial charge in [-0.2, -0.15) is 0 Å². The maximum Gasteiger partial charge on any atom is 0.278 e. The van der Waals surface area contributed by atoms with Crippen molar-refractivity contribution in [3.05, 3.63) is 59.0 Å². The van der Waals surface area contributed by atoms with Gasteiger partial charge in [-0.1, -0.05) is 23.7 Å². The molecule has 1 aromatic heterocycles. The molecule has 1 amide bonds. The highest BCUT2D eigenvalue weighted by molar-refractivity contribution is 6.34. The molecule has 0 aliphatic carbocycles. The molecule has 26 heavy (non-hydrogen) atoms. The van der Waals surface area contributed by atoms with Crippen molar-refractivity contribution in [2.45, 2.75) is 13.8 Å². The molecule has 0 atom stereocenters. The van der Waals surface area contributed by atoms with Crippen molar-refractivity contribution < 1.29 is 9.18 Å². The van der Waals surface area contributed by atoms with Gasteiger partial charge in [0, 0.05) is 13.1 Å². The number of aromatic nitrogens is 2. The van der Waals surface area contributed by atoms with Gasteiger partial charge in [0.05, 0.1) is 21.7 Å². The zero-order valence-corrected chi connectivity index (χ0v) is 15.2. The second-order valence-corrected chi connectivity index (χ2v) is 6.04. The summed E-state index contributed by atoms with van der Waals surface area (Å²) in [4.78, 5) is 23.9. The number of nitrogens with zero attached hydrogens (tertiary/aromatic N) is 3. The van der Waals surface area contributed by atoms with Gasteiger partial charge in [0.1, 0.15) is 5.82 Å². The standard InChI is InChI=1S/C19H18ClFN4O/c1-3-25(4-2)18-17(22-15-7-5-6-8-16(15)23-18)19(26)24-14-10-9-12(21)11-13(14)20/h5-11H,3-4H2,1-2H3,(H,24,26). The summed E-state index contributed by atoms with van der Waals surface area (Å²) in [6.07, 6.45) is 0. The molecule has 2 aromatic carbocycles. The molecule has 3 rings (SSSR count). The molecule has 7 heteroatoms. The molecule has 0 spiro atoms. The van der Waals surface area contributed by atoms with Crippen LogP contribution in [0.4, 0.5) is 15.9 Å². The van der Waals surface area contributed by atoms with Gasteiger partial charge in [-0.15, -0.1) is 0 Å². The Bertz CT molecular complexity index is 959. The molecule has 5 nitrogen and oxygen atoms in total. The van der Waals surface area contributed by atoms with E-state index in [1.807, 2.05) is 36.9 Å². The van der Waals surface area contributed by atoms with Crippen LogP contribution in [-0.2, 0) is 0 Å². The predicted molar refractivity (Wildman–Crippen MR) is 102 cm³/mol. The molecule has 0 saturated carbocycles. The smallest absolute Gasteiger partial charge is 0.278 e. The molecule has 0 aliphatic heterocycles. The van der Waals surface area contributed by atoms with Crippen LogP contribution in [0.2, 0.25) is 5.02 Å². The topological polar surface area (TPSA) is 58.1 Å². The van der Waals surface area contributed by atoms with Gasteiger partial charge >= 0.3 is 0 Å². The number of carbonyl (C=O) groups excluding carboxylic acids is 1. The number of rotatable bonds is 5. The molecule has 0 saturated heterocycles. The Morgan fingerprint density at radius 3 is 2.38 bits per heavy atom. The maximum atomic E-state index is 13.2. The fourth-order valence-corrected chi connectivity index (χ4v) is 2.87. The zero-order valence-electron chi connectivity index (χ0n) is 14.5. The van der Waals surface area contributed by atoms with E-state index >= 15 is 0 Å². The number of halogens is 2. The molecule has 0 bridgehead atoms. The van der Waals surface area contributed by atoms with E-state index in [-0.39, 0.29) is 10.7 Å². The van der Waals surface area contributed by atoms with Crippen molar-refractivity contribution in [2.75, 3.05) is 23.3 Å². The van der Waals surface area contributed by atoms with E-state index in [0.29, 0.717) is 35.6 Å². The lowest BCUT2D eigenvalue weighted by Gasteiger charge is -2.22. The average Bonchev–Trinajstić information content (AvgIpc) is 2.64. The molecule has 0 radical (unpaired) electrons. The molecule has 1 heterocycles. The Hall–Kier alpha value is -2.73. The summed E-state index contributed by atoms with van der Waals surface area (Å²) in [6, 6.07) is 11.2.